The molecule has 0 radical (unpaired) electrons. The molecule has 0 fully saturated rings. The van der Waals surface area contributed by atoms with E-state index in [-0.39, 0.29) is 23.4 Å². The number of para-hydroxylation sites is 1. The molecular formula is C21H17N5O4. The van der Waals surface area contributed by atoms with Crippen molar-refractivity contribution >= 4 is 29.0 Å². The standard InChI is InChI=1S/C21H17N5O4/c27-19(23-12-15-8-5-11-30-15)16-9-4-10-26-18(16)22-13-17(20(26)28)25-21(29)24-14-6-2-1-3-7-14/h1-11,13H,12H2,(H,23,27)(H2,24,25,29). The number of benzene rings is 1. The van der Waals surface area contributed by atoms with Crippen LogP contribution in [0.3, 0.4) is 0 Å². The van der Waals surface area contributed by atoms with Crippen LogP contribution in [0.5, 0.6) is 0 Å². The van der Waals surface area contributed by atoms with Gasteiger partial charge >= 0.3 is 6.03 Å². The van der Waals surface area contributed by atoms with Crippen molar-refractivity contribution in [2.24, 2.45) is 0 Å². The molecular weight excluding hydrogens is 386 g/mol. The first kappa shape index (κ1) is 18.9. The fourth-order valence-electron chi connectivity index (χ4n) is 2.85. The van der Waals surface area contributed by atoms with Gasteiger partial charge in [0.25, 0.3) is 11.5 Å². The highest BCUT2D eigenvalue weighted by Gasteiger charge is 2.15. The molecule has 0 atom stereocenters. The molecule has 3 heterocycles. The Bertz CT molecular complexity index is 1250. The zero-order valence-corrected chi connectivity index (χ0v) is 15.7. The third kappa shape index (κ3) is 4.04. The van der Waals surface area contributed by atoms with Crippen molar-refractivity contribution in [1.29, 1.82) is 0 Å². The summed E-state index contributed by atoms with van der Waals surface area (Å²) in [5, 5.41) is 7.83. The molecule has 1 aromatic carbocycles. The molecule has 0 saturated heterocycles. The number of fused-ring (bicyclic) bond motifs is 1. The Kier molecular flexibility index (Phi) is 5.25. The third-order valence-electron chi connectivity index (χ3n) is 4.26. The molecule has 0 aliphatic heterocycles. The molecule has 0 spiro atoms. The van der Waals surface area contributed by atoms with Crippen molar-refractivity contribution < 1.29 is 14.0 Å². The minimum atomic E-state index is -0.576. The highest BCUT2D eigenvalue weighted by atomic mass is 16.3. The lowest BCUT2D eigenvalue weighted by atomic mass is 10.2. The number of pyridine rings is 1. The Balaban J connectivity index is 1.55. The smallest absolute Gasteiger partial charge is 0.323 e. The van der Waals surface area contributed by atoms with Crippen LogP contribution in [-0.2, 0) is 6.54 Å². The molecule has 150 valence electrons. The monoisotopic (exact) mass is 403 g/mol. The second kappa shape index (κ2) is 8.31. The number of aromatic nitrogens is 2. The summed E-state index contributed by atoms with van der Waals surface area (Å²) < 4.78 is 6.40. The molecule has 9 heteroatoms. The summed E-state index contributed by atoms with van der Waals surface area (Å²) in [6.07, 6.45) is 4.22. The molecule has 3 aromatic heterocycles. The highest BCUT2D eigenvalue weighted by Crippen LogP contribution is 2.10. The van der Waals surface area contributed by atoms with E-state index in [9.17, 15) is 14.4 Å². The molecule has 30 heavy (non-hydrogen) atoms. The molecule has 3 N–H and O–H groups in total. The second-order valence-electron chi connectivity index (χ2n) is 6.30. The zero-order chi connectivity index (χ0) is 20.9. The van der Waals surface area contributed by atoms with Crippen molar-refractivity contribution in [2.45, 2.75) is 6.54 Å². The topological polar surface area (TPSA) is 118 Å². The fraction of sp³-hybridized carbons (Fsp3) is 0.0476. The number of hydrogen-bond donors (Lipinski definition) is 3. The van der Waals surface area contributed by atoms with E-state index < -0.39 is 17.5 Å². The van der Waals surface area contributed by atoms with Crippen LogP contribution in [-0.4, -0.2) is 21.3 Å². The van der Waals surface area contributed by atoms with E-state index in [0.717, 1.165) is 0 Å². The minimum absolute atomic E-state index is 0.0194. The van der Waals surface area contributed by atoms with Gasteiger partial charge in [0.1, 0.15) is 11.4 Å². The lowest BCUT2D eigenvalue weighted by Gasteiger charge is -2.10. The van der Waals surface area contributed by atoms with Crippen LogP contribution < -0.4 is 21.5 Å². The first-order chi connectivity index (χ1) is 14.6. The number of urea groups is 1. The van der Waals surface area contributed by atoms with E-state index in [4.69, 9.17) is 4.42 Å². The maximum atomic E-state index is 12.8. The number of nitrogens with one attached hydrogen (secondary N) is 3. The first-order valence-corrected chi connectivity index (χ1v) is 9.06. The zero-order valence-electron chi connectivity index (χ0n) is 15.7. The van der Waals surface area contributed by atoms with Gasteiger partial charge in [-0.3, -0.25) is 14.0 Å². The summed E-state index contributed by atoms with van der Waals surface area (Å²) in [6.45, 7) is 0.205. The van der Waals surface area contributed by atoms with E-state index >= 15 is 0 Å². The van der Waals surface area contributed by atoms with Crippen molar-refractivity contribution in [3.8, 4) is 0 Å². The van der Waals surface area contributed by atoms with Crippen LogP contribution in [0.2, 0.25) is 0 Å². The van der Waals surface area contributed by atoms with Gasteiger partial charge in [0.05, 0.1) is 24.6 Å². The average Bonchev–Trinajstić information content (AvgIpc) is 3.28. The van der Waals surface area contributed by atoms with E-state index in [1.54, 1.807) is 48.5 Å². The number of hydrogen-bond acceptors (Lipinski definition) is 5. The Morgan fingerprint density at radius 1 is 1.00 bits per heavy atom. The summed E-state index contributed by atoms with van der Waals surface area (Å²) in [4.78, 5) is 41.7. The lowest BCUT2D eigenvalue weighted by molar-refractivity contribution is 0.0949. The van der Waals surface area contributed by atoms with E-state index in [1.165, 1.54) is 23.1 Å². The molecule has 3 amide bonds. The normalized spacial score (nSPS) is 10.5. The van der Waals surface area contributed by atoms with Gasteiger partial charge in [-0.2, -0.15) is 0 Å². The number of carbonyl (C=O) groups excluding carboxylic acids is 2. The van der Waals surface area contributed by atoms with Gasteiger partial charge in [-0.15, -0.1) is 0 Å². The summed E-state index contributed by atoms with van der Waals surface area (Å²) in [6, 6.07) is 14.8. The molecule has 4 aromatic rings. The number of rotatable bonds is 5. The predicted octanol–water partition coefficient (Wildman–Crippen LogP) is 2.86. The number of carbonyl (C=O) groups is 2. The van der Waals surface area contributed by atoms with Gasteiger partial charge in [0.2, 0.25) is 0 Å². The maximum Gasteiger partial charge on any atom is 0.323 e. The second-order valence-corrected chi connectivity index (χ2v) is 6.30. The van der Waals surface area contributed by atoms with Gasteiger partial charge < -0.3 is 20.4 Å². The van der Waals surface area contributed by atoms with Crippen molar-refractivity contribution in [2.75, 3.05) is 10.6 Å². The lowest BCUT2D eigenvalue weighted by Crippen LogP contribution is -2.28. The average molecular weight is 403 g/mol. The minimum Gasteiger partial charge on any atom is -0.467 e. The van der Waals surface area contributed by atoms with Crippen LogP contribution in [0.4, 0.5) is 16.2 Å². The Morgan fingerprint density at radius 3 is 2.60 bits per heavy atom. The highest BCUT2D eigenvalue weighted by molar-refractivity contribution is 6.01. The van der Waals surface area contributed by atoms with Gasteiger partial charge in [-0.25, -0.2) is 9.78 Å². The van der Waals surface area contributed by atoms with Crippen molar-refractivity contribution in [3.63, 3.8) is 0 Å². The summed E-state index contributed by atoms with van der Waals surface area (Å²) in [7, 11) is 0. The Hall–Kier alpha value is -4.40. The third-order valence-corrected chi connectivity index (χ3v) is 4.26. The van der Waals surface area contributed by atoms with Crippen LogP contribution >= 0.6 is 0 Å². The van der Waals surface area contributed by atoms with Gasteiger partial charge in [-0.1, -0.05) is 18.2 Å². The molecule has 0 unspecified atom stereocenters. The van der Waals surface area contributed by atoms with Crippen LogP contribution in [0.25, 0.3) is 5.65 Å². The molecule has 0 saturated carbocycles. The molecule has 0 aliphatic rings. The van der Waals surface area contributed by atoms with Crippen LogP contribution in [0, 0.1) is 0 Å². The Labute approximate surface area is 170 Å². The van der Waals surface area contributed by atoms with Gasteiger partial charge in [-0.05, 0) is 36.4 Å². The summed E-state index contributed by atoms with van der Waals surface area (Å²) >= 11 is 0. The quantitative estimate of drug-likeness (QED) is 0.474. The van der Waals surface area contributed by atoms with Crippen LogP contribution in [0.1, 0.15) is 16.1 Å². The molecule has 0 bridgehead atoms. The van der Waals surface area contributed by atoms with Gasteiger partial charge in [0, 0.05) is 11.9 Å². The number of anilines is 2. The first-order valence-electron chi connectivity index (χ1n) is 9.06. The van der Waals surface area contributed by atoms with E-state index in [2.05, 4.69) is 20.9 Å². The number of furan rings is 1. The van der Waals surface area contributed by atoms with Crippen LogP contribution in [0.15, 0.2) is 82.5 Å². The van der Waals surface area contributed by atoms with Gasteiger partial charge in [0.15, 0.2) is 5.65 Å². The summed E-state index contributed by atoms with van der Waals surface area (Å²) in [5.41, 5.74) is 0.451. The molecule has 9 nitrogen and oxygen atoms in total. The molecule has 4 rings (SSSR count). The van der Waals surface area contributed by atoms with E-state index in [1.807, 2.05) is 6.07 Å². The largest absolute Gasteiger partial charge is 0.467 e. The maximum absolute atomic E-state index is 12.8. The fourth-order valence-corrected chi connectivity index (χ4v) is 2.85. The van der Waals surface area contributed by atoms with Crippen molar-refractivity contribution in [3.05, 3.63) is 94.9 Å². The molecule has 0 aliphatic carbocycles. The van der Waals surface area contributed by atoms with Crippen molar-refractivity contribution in [1.82, 2.24) is 14.7 Å². The summed E-state index contributed by atoms with van der Waals surface area (Å²) in [5.74, 6) is 0.198. The van der Waals surface area contributed by atoms with E-state index in [0.29, 0.717) is 11.4 Å². The SMILES string of the molecule is O=C(Nc1ccccc1)Nc1cnc2c(C(=O)NCc3ccco3)cccn2c1=O. The number of amides is 3. The predicted molar refractivity (Wildman–Crippen MR) is 110 cm³/mol. The number of nitrogens with zero attached hydrogens (tertiary/aromatic N) is 2. The Morgan fingerprint density at radius 2 is 1.83 bits per heavy atom.